The Balaban J connectivity index is 2.48. The summed E-state index contributed by atoms with van der Waals surface area (Å²) in [4.78, 5) is 26.7. The van der Waals surface area contributed by atoms with Gasteiger partial charge in [-0.2, -0.15) is 0 Å². The number of amides is 1. The van der Waals surface area contributed by atoms with E-state index in [9.17, 15) is 9.59 Å². The molecule has 0 aromatic heterocycles. The standard InChI is InChI=1S/C19H27NO6/c1-7-25-17(21)16-13-11-15(24-6)14(23-5)10-12(13)8-9-20(16)18(22)26-19(2,3)4/h10-11,16H,7-9H2,1-6H3. The average molecular weight is 365 g/mol. The molecule has 2 rings (SSSR count). The van der Waals surface area contributed by atoms with E-state index in [4.69, 9.17) is 18.9 Å². The molecule has 1 aliphatic heterocycles. The molecular weight excluding hydrogens is 338 g/mol. The van der Waals surface area contributed by atoms with E-state index in [1.165, 1.54) is 12.0 Å². The second-order valence-electron chi connectivity index (χ2n) is 6.98. The largest absolute Gasteiger partial charge is 0.493 e. The third-order valence-corrected chi connectivity index (χ3v) is 4.01. The summed E-state index contributed by atoms with van der Waals surface area (Å²) in [5.41, 5.74) is 0.924. The van der Waals surface area contributed by atoms with Crippen LogP contribution in [0.25, 0.3) is 0 Å². The van der Waals surface area contributed by atoms with Gasteiger partial charge in [0.1, 0.15) is 5.60 Å². The molecule has 0 radical (unpaired) electrons. The predicted molar refractivity (Wildman–Crippen MR) is 95.6 cm³/mol. The maximum absolute atomic E-state index is 12.7. The third-order valence-electron chi connectivity index (χ3n) is 4.01. The number of carbonyl (C=O) groups excluding carboxylic acids is 2. The van der Waals surface area contributed by atoms with Gasteiger partial charge >= 0.3 is 12.1 Å². The van der Waals surface area contributed by atoms with Crippen molar-refractivity contribution in [1.29, 1.82) is 0 Å². The fourth-order valence-electron chi connectivity index (χ4n) is 2.94. The first-order valence-electron chi connectivity index (χ1n) is 8.62. The number of ether oxygens (including phenoxy) is 4. The summed E-state index contributed by atoms with van der Waals surface area (Å²) in [6.07, 6.45) is 0.0289. The minimum Gasteiger partial charge on any atom is -0.493 e. The number of hydrogen-bond donors (Lipinski definition) is 0. The summed E-state index contributed by atoms with van der Waals surface area (Å²) in [7, 11) is 3.08. The molecule has 1 unspecified atom stereocenters. The van der Waals surface area contributed by atoms with Crippen LogP contribution in [0.5, 0.6) is 11.5 Å². The number of rotatable bonds is 4. The van der Waals surface area contributed by atoms with Gasteiger partial charge in [0.15, 0.2) is 17.5 Å². The smallest absolute Gasteiger partial charge is 0.411 e. The van der Waals surface area contributed by atoms with Crippen LogP contribution >= 0.6 is 0 Å². The van der Waals surface area contributed by atoms with Crippen molar-refractivity contribution >= 4 is 12.1 Å². The van der Waals surface area contributed by atoms with Gasteiger partial charge in [-0.3, -0.25) is 4.90 Å². The first-order valence-corrected chi connectivity index (χ1v) is 8.62. The topological polar surface area (TPSA) is 74.3 Å². The van der Waals surface area contributed by atoms with Gasteiger partial charge in [0.05, 0.1) is 20.8 Å². The average Bonchev–Trinajstić information content (AvgIpc) is 2.57. The summed E-state index contributed by atoms with van der Waals surface area (Å²) in [6.45, 7) is 7.66. The van der Waals surface area contributed by atoms with Gasteiger partial charge in [0, 0.05) is 6.54 Å². The van der Waals surface area contributed by atoms with Crippen molar-refractivity contribution in [1.82, 2.24) is 4.90 Å². The van der Waals surface area contributed by atoms with Crippen molar-refractivity contribution in [2.75, 3.05) is 27.4 Å². The molecule has 1 heterocycles. The molecule has 0 aliphatic carbocycles. The second kappa shape index (κ2) is 7.85. The highest BCUT2D eigenvalue weighted by atomic mass is 16.6. The highest BCUT2D eigenvalue weighted by molar-refractivity contribution is 5.84. The molecule has 144 valence electrons. The van der Waals surface area contributed by atoms with E-state index in [0.717, 1.165) is 5.56 Å². The van der Waals surface area contributed by atoms with Crippen LogP contribution in [-0.2, 0) is 20.7 Å². The number of benzene rings is 1. The Bertz CT molecular complexity index is 679. The van der Waals surface area contributed by atoms with E-state index in [1.807, 2.05) is 6.07 Å². The van der Waals surface area contributed by atoms with E-state index < -0.39 is 23.7 Å². The zero-order valence-corrected chi connectivity index (χ0v) is 16.3. The summed E-state index contributed by atoms with van der Waals surface area (Å²) < 4.78 is 21.4. The van der Waals surface area contributed by atoms with Crippen LogP contribution in [0.2, 0.25) is 0 Å². The van der Waals surface area contributed by atoms with Crippen LogP contribution in [0.1, 0.15) is 44.9 Å². The lowest BCUT2D eigenvalue weighted by Gasteiger charge is -2.36. The van der Waals surface area contributed by atoms with Gasteiger partial charge in [0.2, 0.25) is 0 Å². The maximum Gasteiger partial charge on any atom is 0.411 e. The van der Waals surface area contributed by atoms with E-state index in [2.05, 4.69) is 0 Å². The molecule has 0 saturated heterocycles. The Morgan fingerprint density at radius 1 is 1.15 bits per heavy atom. The highest BCUT2D eigenvalue weighted by Crippen LogP contribution is 2.39. The zero-order valence-electron chi connectivity index (χ0n) is 16.3. The molecule has 1 aromatic rings. The lowest BCUT2D eigenvalue weighted by atomic mass is 9.92. The Morgan fingerprint density at radius 2 is 1.77 bits per heavy atom. The summed E-state index contributed by atoms with van der Waals surface area (Å²) in [5, 5.41) is 0. The number of hydrogen-bond acceptors (Lipinski definition) is 6. The molecule has 0 spiro atoms. The molecule has 1 amide bonds. The van der Waals surface area contributed by atoms with Crippen molar-refractivity contribution in [3.05, 3.63) is 23.3 Å². The minimum atomic E-state index is -0.881. The quantitative estimate of drug-likeness (QED) is 0.764. The third kappa shape index (κ3) is 4.20. The summed E-state index contributed by atoms with van der Waals surface area (Å²) in [6, 6.07) is 2.69. The van der Waals surface area contributed by atoms with E-state index in [-0.39, 0.29) is 6.61 Å². The Hall–Kier alpha value is -2.44. The van der Waals surface area contributed by atoms with Gasteiger partial charge < -0.3 is 18.9 Å². The molecule has 1 aromatic carbocycles. The van der Waals surface area contributed by atoms with Crippen LogP contribution in [0.3, 0.4) is 0 Å². The molecule has 1 atom stereocenters. The number of esters is 1. The van der Waals surface area contributed by atoms with Crippen LogP contribution in [0.15, 0.2) is 12.1 Å². The van der Waals surface area contributed by atoms with Crippen molar-refractivity contribution in [2.24, 2.45) is 0 Å². The molecule has 7 heteroatoms. The van der Waals surface area contributed by atoms with Gasteiger partial charge in [-0.25, -0.2) is 9.59 Å². The maximum atomic E-state index is 12.7. The van der Waals surface area contributed by atoms with Crippen LogP contribution in [0, 0.1) is 0 Å². The molecule has 26 heavy (non-hydrogen) atoms. The number of methoxy groups -OCH3 is 2. The van der Waals surface area contributed by atoms with Crippen molar-refractivity contribution < 1.29 is 28.5 Å². The van der Waals surface area contributed by atoms with Gasteiger partial charge in [-0.1, -0.05) is 0 Å². The number of nitrogens with zero attached hydrogens (tertiary/aromatic N) is 1. The van der Waals surface area contributed by atoms with Gasteiger partial charge in [-0.05, 0) is 57.4 Å². The minimum absolute atomic E-state index is 0.222. The first-order chi connectivity index (χ1) is 12.2. The van der Waals surface area contributed by atoms with Crippen LogP contribution < -0.4 is 9.47 Å². The fraction of sp³-hybridized carbons (Fsp3) is 0.579. The highest BCUT2D eigenvalue weighted by Gasteiger charge is 2.39. The van der Waals surface area contributed by atoms with Gasteiger partial charge in [0.25, 0.3) is 0 Å². The Labute approximate surface area is 154 Å². The van der Waals surface area contributed by atoms with E-state index in [0.29, 0.717) is 30.0 Å². The predicted octanol–water partition coefficient (Wildman–Crippen LogP) is 3.10. The van der Waals surface area contributed by atoms with Crippen molar-refractivity contribution in [3.8, 4) is 11.5 Å². The summed E-state index contributed by atoms with van der Waals surface area (Å²) >= 11 is 0. The second-order valence-corrected chi connectivity index (χ2v) is 6.98. The fourth-order valence-corrected chi connectivity index (χ4v) is 2.94. The molecule has 0 fully saturated rings. The SMILES string of the molecule is CCOC(=O)C1c2cc(OC)c(OC)cc2CCN1C(=O)OC(C)(C)C. The normalized spacial score (nSPS) is 16.5. The van der Waals surface area contributed by atoms with Crippen molar-refractivity contribution in [3.63, 3.8) is 0 Å². The molecule has 0 bridgehead atoms. The zero-order chi connectivity index (χ0) is 19.5. The van der Waals surface area contributed by atoms with Crippen LogP contribution in [-0.4, -0.2) is 49.9 Å². The lowest BCUT2D eigenvalue weighted by Crippen LogP contribution is -2.46. The molecule has 1 aliphatic rings. The van der Waals surface area contributed by atoms with Gasteiger partial charge in [-0.15, -0.1) is 0 Å². The van der Waals surface area contributed by atoms with E-state index in [1.54, 1.807) is 40.9 Å². The monoisotopic (exact) mass is 365 g/mol. The Kier molecular flexibility index (Phi) is 6.00. The van der Waals surface area contributed by atoms with E-state index >= 15 is 0 Å². The molecule has 7 nitrogen and oxygen atoms in total. The van der Waals surface area contributed by atoms with Crippen molar-refractivity contribution in [2.45, 2.75) is 45.8 Å². The molecule has 0 saturated carbocycles. The van der Waals surface area contributed by atoms with Crippen LogP contribution in [0.4, 0.5) is 4.79 Å². The number of carbonyl (C=O) groups is 2. The molecular formula is C19H27NO6. The molecule has 0 N–H and O–H groups in total. The first kappa shape index (κ1) is 19.9. The summed E-state index contributed by atoms with van der Waals surface area (Å²) in [5.74, 6) is 0.581. The lowest BCUT2D eigenvalue weighted by molar-refractivity contribution is -0.150. The number of fused-ring (bicyclic) bond motifs is 1. The Morgan fingerprint density at radius 3 is 2.31 bits per heavy atom.